The number of anilines is 2. The summed E-state index contributed by atoms with van der Waals surface area (Å²) in [5, 5.41) is 0. The Labute approximate surface area is 177 Å². The van der Waals surface area contributed by atoms with Gasteiger partial charge < -0.3 is 9.80 Å². The van der Waals surface area contributed by atoms with Crippen LogP contribution in [0.15, 0.2) is 71.3 Å². The highest BCUT2D eigenvalue weighted by Crippen LogP contribution is 2.45. The number of aryl methyl sites for hydroxylation is 2. The van der Waals surface area contributed by atoms with E-state index < -0.39 is 0 Å². The number of benzene rings is 2. The Morgan fingerprint density at radius 2 is 0.867 bits per heavy atom. The quantitative estimate of drug-likeness (QED) is 0.788. The fourth-order valence-electron chi connectivity index (χ4n) is 3.95. The first-order valence-corrected chi connectivity index (χ1v) is 9.88. The van der Waals surface area contributed by atoms with Crippen molar-refractivity contribution in [2.75, 3.05) is 38.0 Å². The van der Waals surface area contributed by atoms with Crippen molar-refractivity contribution in [1.29, 1.82) is 0 Å². The molecule has 0 fully saturated rings. The Bertz CT molecular complexity index is 1000. The number of likely N-dealkylation sites (N-methyl/N-ethyl adjacent to an activating group) is 2. The summed E-state index contributed by atoms with van der Waals surface area (Å²) in [5.41, 5.74) is 5.95. The van der Waals surface area contributed by atoms with E-state index in [2.05, 4.69) is 0 Å². The van der Waals surface area contributed by atoms with Crippen LogP contribution in [0.25, 0.3) is 0 Å². The fourth-order valence-corrected chi connectivity index (χ4v) is 3.95. The van der Waals surface area contributed by atoms with Gasteiger partial charge in [-0.05, 0) is 38.1 Å². The lowest BCUT2D eigenvalue weighted by Crippen LogP contribution is -2.35. The van der Waals surface area contributed by atoms with Crippen molar-refractivity contribution in [2.24, 2.45) is 0 Å². The molecule has 0 N–H and O–H groups in total. The number of nitrogens with zero attached hydrogens (tertiary/aromatic N) is 4. The van der Waals surface area contributed by atoms with Crippen LogP contribution in [0.5, 0.6) is 0 Å². The molecule has 0 radical (unpaired) electrons. The van der Waals surface area contributed by atoms with E-state index in [1.165, 1.54) is 0 Å². The summed E-state index contributed by atoms with van der Waals surface area (Å²) in [6, 6.07) is 15.6. The lowest BCUT2D eigenvalue weighted by atomic mass is 10.2. The number of carbonyl (C=O) groups excluding carboxylic acids is 2. The topological polar surface area (TPSA) is 47.1 Å². The molecular weight excluding hydrogens is 376 g/mol. The lowest BCUT2D eigenvalue weighted by Gasteiger charge is -2.24. The number of carbonyl (C=O) groups is 2. The first kappa shape index (κ1) is 19.8. The molecule has 2 aromatic rings. The van der Waals surface area contributed by atoms with Crippen LogP contribution in [0.1, 0.15) is 11.1 Å². The summed E-state index contributed by atoms with van der Waals surface area (Å²) in [6.45, 7) is 4.01. The predicted molar refractivity (Wildman–Crippen MR) is 119 cm³/mol. The minimum absolute atomic E-state index is 0.141. The summed E-state index contributed by atoms with van der Waals surface area (Å²) in [7, 11) is 7.34. The largest absolute Gasteiger partial charge is 0.371 e. The number of hydrogen-bond donors (Lipinski definition) is 0. The zero-order chi connectivity index (χ0) is 21.7. The Morgan fingerprint density at radius 3 is 1.13 bits per heavy atom. The summed E-state index contributed by atoms with van der Waals surface area (Å²) in [5.74, 6) is -0.282. The number of hydrogen-bond acceptors (Lipinski definition) is 4. The van der Waals surface area contributed by atoms with Crippen LogP contribution < -0.4 is 9.80 Å². The van der Waals surface area contributed by atoms with Crippen LogP contribution in [0, 0.1) is 13.8 Å². The Kier molecular flexibility index (Phi) is 4.65. The summed E-state index contributed by atoms with van der Waals surface area (Å²) in [6.07, 6.45) is 0. The van der Waals surface area contributed by atoms with Crippen molar-refractivity contribution in [2.45, 2.75) is 13.8 Å². The molecular formula is C24H26N4O2. The lowest BCUT2D eigenvalue weighted by molar-refractivity contribution is -0.115. The third-order valence-electron chi connectivity index (χ3n) is 5.41. The molecule has 0 saturated heterocycles. The minimum Gasteiger partial charge on any atom is -0.371 e. The maximum atomic E-state index is 13.6. The molecule has 0 aromatic heterocycles. The van der Waals surface area contributed by atoms with Crippen LogP contribution in [-0.2, 0) is 9.59 Å². The van der Waals surface area contributed by atoms with E-state index in [1.54, 1.807) is 19.6 Å². The van der Waals surface area contributed by atoms with Gasteiger partial charge >= 0.3 is 0 Å². The van der Waals surface area contributed by atoms with Crippen LogP contribution in [0.2, 0.25) is 0 Å². The first-order valence-electron chi connectivity index (χ1n) is 9.88. The molecule has 2 amide bonds. The van der Waals surface area contributed by atoms with Gasteiger partial charge in [0.1, 0.15) is 22.8 Å². The van der Waals surface area contributed by atoms with Crippen molar-refractivity contribution in [1.82, 2.24) is 9.80 Å². The molecule has 6 heteroatoms. The van der Waals surface area contributed by atoms with Crippen LogP contribution in [-0.4, -0.2) is 49.8 Å². The molecule has 0 spiro atoms. The van der Waals surface area contributed by atoms with Crippen molar-refractivity contribution >= 4 is 23.2 Å². The van der Waals surface area contributed by atoms with E-state index >= 15 is 0 Å². The molecule has 2 aromatic carbocycles. The maximum Gasteiger partial charge on any atom is 0.281 e. The van der Waals surface area contributed by atoms with E-state index in [9.17, 15) is 9.59 Å². The van der Waals surface area contributed by atoms with Crippen LogP contribution in [0.3, 0.4) is 0 Å². The summed E-state index contributed by atoms with van der Waals surface area (Å²) in [4.78, 5) is 34.1. The van der Waals surface area contributed by atoms with Gasteiger partial charge in [0, 0.05) is 39.6 Å². The Hall–Kier alpha value is -3.54. The molecule has 2 heterocycles. The second kappa shape index (κ2) is 7.06. The second-order valence-electron chi connectivity index (χ2n) is 8.14. The predicted octanol–water partition coefficient (Wildman–Crippen LogP) is 3.24. The molecule has 2 aliphatic heterocycles. The van der Waals surface area contributed by atoms with E-state index in [0.717, 1.165) is 22.5 Å². The van der Waals surface area contributed by atoms with Crippen LogP contribution >= 0.6 is 0 Å². The third-order valence-corrected chi connectivity index (χ3v) is 5.41. The first-order chi connectivity index (χ1) is 14.2. The van der Waals surface area contributed by atoms with Crippen molar-refractivity contribution < 1.29 is 9.59 Å². The molecule has 2 aliphatic rings. The van der Waals surface area contributed by atoms with Gasteiger partial charge in [0.15, 0.2) is 0 Å². The van der Waals surface area contributed by atoms with Gasteiger partial charge in [-0.15, -0.1) is 0 Å². The van der Waals surface area contributed by atoms with E-state index in [1.807, 2.05) is 90.6 Å². The third kappa shape index (κ3) is 2.87. The molecule has 0 bridgehead atoms. The average Bonchev–Trinajstić information content (AvgIpc) is 3.12. The van der Waals surface area contributed by atoms with Gasteiger partial charge in [-0.25, -0.2) is 0 Å². The number of fused-ring (bicyclic) bond motifs is 1. The van der Waals surface area contributed by atoms with Crippen molar-refractivity contribution in [3.8, 4) is 0 Å². The van der Waals surface area contributed by atoms with E-state index in [0.29, 0.717) is 22.8 Å². The molecule has 30 heavy (non-hydrogen) atoms. The van der Waals surface area contributed by atoms with Gasteiger partial charge in [0.05, 0.1) is 0 Å². The number of amides is 2. The zero-order valence-corrected chi connectivity index (χ0v) is 18.2. The molecule has 0 unspecified atom stereocenters. The minimum atomic E-state index is -0.141. The highest BCUT2D eigenvalue weighted by atomic mass is 16.2. The zero-order valence-electron chi connectivity index (χ0n) is 18.2. The molecule has 154 valence electrons. The fraction of sp³-hybridized carbons (Fsp3) is 0.250. The van der Waals surface area contributed by atoms with Gasteiger partial charge in [-0.2, -0.15) is 0 Å². The average molecular weight is 402 g/mol. The standard InChI is InChI=1S/C24H26N4O2/c1-15-7-11-17(12-8-15)27-19-20(22(23(27)29)26(5)6)28(24(30)21(19)25(3)4)18-13-9-16(2)10-14-18/h7-14H,1-6H3. The number of rotatable bonds is 4. The van der Waals surface area contributed by atoms with E-state index in [4.69, 9.17) is 0 Å². The van der Waals surface area contributed by atoms with E-state index in [-0.39, 0.29) is 11.8 Å². The molecule has 4 rings (SSSR count). The molecule has 0 aliphatic carbocycles. The van der Waals surface area contributed by atoms with Gasteiger partial charge in [-0.1, -0.05) is 35.4 Å². The summed E-state index contributed by atoms with van der Waals surface area (Å²) < 4.78 is 0. The maximum absolute atomic E-state index is 13.6. The van der Waals surface area contributed by atoms with Gasteiger partial charge in [0.25, 0.3) is 11.8 Å². The smallest absolute Gasteiger partial charge is 0.281 e. The highest BCUT2D eigenvalue weighted by Gasteiger charge is 2.50. The Morgan fingerprint density at radius 1 is 0.567 bits per heavy atom. The SMILES string of the molecule is Cc1ccc(N2C(=O)C(N(C)C)=C3C2=C(N(C)C)C(=O)N3c2ccc(C)cc2)cc1. The second-order valence-corrected chi connectivity index (χ2v) is 8.14. The monoisotopic (exact) mass is 402 g/mol. The molecule has 0 saturated carbocycles. The normalized spacial score (nSPS) is 16.1. The Balaban J connectivity index is 1.98. The van der Waals surface area contributed by atoms with Gasteiger partial charge in [-0.3, -0.25) is 19.4 Å². The highest BCUT2D eigenvalue weighted by molar-refractivity contribution is 6.23. The van der Waals surface area contributed by atoms with Crippen molar-refractivity contribution in [3.05, 3.63) is 82.4 Å². The summed E-state index contributed by atoms with van der Waals surface area (Å²) >= 11 is 0. The van der Waals surface area contributed by atoms with Gasteiger partial charge in [0.2, 0.25) is 0 Å². The van der Waals surface area contributed by atoms with Crippen LogP contribution in [0.4, 0.5) is 11.4 Å². The molecule has 0 atom stereocenters. The molecule has 6 nitrogen and oxygen atoms in total. The van der Waals surface area contributed by atoms with Crippen molar-refractivity contribution in [3.63, 3.8) is 0 Å².